The molecule has 0 spiro atoms. The minimum atomic E-state index is 0.520. The first-order chi connectivity index (χ1) is 10.2. The van der Waals surface area contributed by atoms with Crippen molar-refractivity contribution in [3.05, 3.63) is 36.2 Å². The monoisotopic (exact) mass is 304 g/mol. The highest BCUT2D eigenvalue weighted by Crippen LogP contribution is 2.15. The van der Waals surface area contributed by atoms with Crippen molar-refractivity contribution in [3.8, 4) is 11.4 Å². The molecule has 1 N–H and O–H groups in total. The molecule has 112 valence electrons. The van der Waals surface area contributed by atoms with Crippen LogP contribution in [0.15, 0.2) is 34.9 Å². The highest BCUT2D eigenvalue weighted by atomic mass is 32.1. The molecule has 0 saturated carbocycles. The molecule has 0 aliphatic rings. The van der Waals surface area contributed by atoms with Gasteiger partial charge in [0.1, 0.15) is 0 Å². The Labute approximate surface area is 130 Å². The maximum absolute atomic E-state index is 5.36. The van der Waals surface area contributed by atoms with Crippen LogP contribution in [0.3, 0.4) is 0 Å². The summed E-state index contributed by atoms with van der Waals surface area (Å²) in [6.45, 7) is 6.34. The van der Waals surface area contributed by atoms with E-state index in [2.05, 4.69) is 29.3 Å². The van der Waals surface area contributed by atoms with Gasteiger partial charge in [-0.2, -0.15) is 4.98 Å². The summed E-state index contributed by atoms with van der Waals surface area (Å²) in [5.41, 5.74) is 0.947. The van der Waals surface area contributed by atoms with Crippen LogP contribution in [0, 0.1) is 0 Å². The first-order valence-electron chi connectivity index (χ1n) is 7.15. The van der Waals surface area contributed by atoms with Crippen LogP contribution in [0.5, 0.6) is 0 Å². The second-order valence-electron chi connectivity index (χ2n) is 4.62. The highest BCUT2D eigenvalue weighted by Gasteiger charge is 2.13. The Kier molecular flexibility index (Phi) is 5.68. The molecule has 6 heteroatoms. The van der Waals surface area contributed by atoms with E-state index in [9.17, 15) is 0 Å². The summed E-state index contributed by atoms with van der Waals surface area (Å²) in [4.78, 5) is 6.43. The van der Waals surface area contributed by atoms with Gasteiger partial charge in [-0.25, -0.2) is 0 Å². The van der Waals surface area contributed by atoms with Gasteiger partial charge in [-0.1, -0.05) is 42.4 Å². The van der Waals surface area contributed by atoms with Crippen LogP contribution < -0.4 is 5.32 Å². The molecule has 0 aliphatic heterocycles. The normalized spacial score (nSPS) is 10.4. The quantitative estimate of drug-likeness (QED) is 0.828. The van der Waals surface area contributed by atoms with Crippen LogP contribution in [0.1, 0.15) is 26.2 Å². The summed E-state index contributed by atoms with van der Waals surface area (Å²) in [5.74, 6) is 1.17. The van der Waals surface area contributed by atoms with E-state index in [1.54, 1.807) is 0 Å². The molecule has 2 aromatic rings. The van der Waals surface area contributed by atoms with E-state index in [-0.39, 0.29) is 0 Å². The van der Waals surface area contributed by atoms with Gasteiger partial charge in [0.25, 0.3) is 0 Å². The van der Waals surface area contributed by atoms with E-state index >= 15 is 0 Å². The van der Waals surface area contributed by atoms with Gasteiger partial charge in [0.2, 0.25) is 11.7 Å². The van der Waals surface area contributed by atoms with E-state index in [1.165, 1.54) is 0 Å². The lowest BCUT2D eigenvalue weighted by molar-refractivity contribution is 0.316. The molecule has 0 fully saturated rings. The molecule has 1 aromatic heterocycles. The first-order valence-corrected chi connectivity index (χ1v) is 7.56. The SMILES string of the molecule is CCCNC(=S)N(CC)Cc1nc(-c2ccccc2)no1. The average molecular weight is 304 g/mol. The fourth-order valence-corrected chi connectivity index (χ4v) is 2.15. The lowest BCUT2D eigenvalue weighted by Crippen LogP contribution is -2.39. The van der Waals surface area contributed by atoms with Crippen LogP contribution in [0.2, 0.25) is 0 Å². The van der Waals surface area contributed by atoms with E-state index in [0.717, 1.165) is 30.2 Å². The average Bonchev–Trinajstić information content (AvgIpc) is 2.99. The minimum absolute atomic E-state index is 0.520. The number of aromatic nitrogens is 2. The molecule has 0 radical (unpaired) electrons. The molecule has 0 aliphatic carbocycles. The summed E-state index contributed by atoms with van der Waals surface area (Å²) in [6, 6.07) is 9.78. The van der Waals surface area contributed by atoms with E-state index in [0.29, 0.717) is 18.3 Å². The van der Waals surface area contributed by atoms with Gasteiger partial charge in [0, 0.05) is 18.7 Å². The molecule has 0 unspecified atom stereocenters. The number of hydrogen-bond acceptors (Lipinski definition) is 4. The Morgan fingerprint density at radius 3 is 2.71 bits per heavy atom. The van der Waals surface area contributed by atoms with Gasteiger partial charge in [-0.3, -0.25) is 0 Å². The van der Waals surface area contributed by atoms with Crippen LogP contribution in [-0.2, 0) is 6.54 Å². The van der Waals surface area contributed by atoms with Gasteiger partial charge in [0.05, 0.1) is 6.54 Å². The molecule has 0 bridgehead atoms. The third-order valence-corrected chi connectivity index (χ3v) is 3.42. The number of nitrogens with zero attached hydrogens (tertiary/aromatic N) is 3. The number of thiocarbonyl (C=S) groups is 1. The highest BCUT2D eigenvalue weighted by molar-refractivity contribution is 7.80. The smallest absolute Gasteiger partial charge is 0.246 e. The molecule has 0 atom stereocenters. The largest absolute Gasteiger partial charge is 0.363 e. The van der Waals surface area contributed by atoms with Crippen LogP contribution in [0.25, 0.3) is 11.4 Å². The molecular formula is C15H20N4OS. The first kappa shape index (κ1) is 15.4. The predicted octanol–water partition coefficient (Wildman–Crippen LogP) is 2.84. The number of benzene rings is 1. The third-order valence-electron chi connectivity index (χ3n) is 3.02. The molecule has 0 amide bonds. The molecule has 21 heavy (non-hydrogen) atoms. The number of hydrogen-bond donors (Lipinski definition) is 1. The summed E-state index contributed by atoms with van der Waals surface area (Å²) < 4.78 is 5.32. The maximum atomic E-state index is 5.36. The fraction of sp³-hybridized carbons (Fsp3) is 0.400. The van der Waals surface area contributed by atoms with E-state index < -0.39 is 0 Å². The van der Waals surface area contributed by atoms with Crippen molar-refractivity contribution in [2.45, 2.75) is 26.8 Å². The van der Waals surface area contributed by atoms with Crippen molar-refractivity contribution in [1.29, 1.82) is 0 Å². The van der Waals surface area contributed by atoms with Crippen LogP contribution in [0.4, 0.5) is 0 Å². The van der Waals surface area contributed by atoms with Crippen molar-refractivity contribution >= 4 is 17.3 Å². The standard InChI is InChI=1S/C15H20N4OS/c1-3-10-16-15(21)19(4-2)11-13-17-14(18-20-13)12-8-6-5-7-9-12/h5-9H,3-4,10-11H2,1-2H3,(H,16,21). The van der Waals surface area contributed by atoms with Gasteiger partial charge >= 0.3 is 0 Å². The molecule has 2 rings (SSSR count). The minimum Gasteiger partial charge on any atom is -0.363 e. The van der Waals surface area contributed by atoms with Crippen LogP contribution >= 0.6 is 12.2 Å². The topological polar surface area (TPSA) is 54.2 Å². The van der Waals surface area contributed by atoms with Gasteiger partial charge in [-0.15, -0.1) is 0 Å². The Morgan fingerprint density at radius 1 is 1.29 bits per heavy atom. The van der Waals surface area contributed by atoms with E-state index in [1.807, 2.05) is 35.2 Å². The molecule has 1 aromatic carbocycles. The Hall–Kier alpha value is -1.95. The molecule has 0 saturated heterocycles. The zero-order chi connectivity index (χ0) is 15.1. The van der Waals surface area contributed by atoms with Crippen molar-refractivity contribution in [1.82, 2.24) is 20.4 Å². The molecule has 5 nitrogen and oxygen atoms in total. The van der Waals surface area contributed by atoms with Crippen molar-refractivity contribution in [2.24, 2.45) is 0 Å². The Morgan fingerprint density at radius 2 is 2.05 bits per heavy atom. The third kappa shape index (κ3) is 4.26. The lowest BCUT2D eigenvalue weighted by Gasteiger charge is -2.22. The van der Waals surface area contributed by atoms with Crippen LogP contribution in [-0.4, -0.2) is 33.2 Å². The van der Waals surface area contributed by atoms with Crippen molar-refractivity contribution in [2.75, 3.05) is 13.1 Å². The lowest BCUT2D eigenvalue weighted by atomic mass is 10.2. The zero-order valence-electron chi connectivity index (χ0n) is 12.4. The second kappa shape index (κ2) is 7.73. The molecule has 1 heterocycles. The summed E-state index contributed by atoms with van der Waals surface area (Å²) >= 11 is 5.36. The van der Waals surface area contributed by atoms with Gasteiger partial charge < -0.3 is 14.7 Å². The van der Waals surface area contributed by atoms with Gasteiger partial charge in [-0.05, 0) is 25.6 Å². The fourth-order valence-electron chi connectivity index (χ4n) is 1.86. The number of rotatable bonds is 6. The Balaban J connectivity index is 2.02. The summed E-state index contributed by atoms with van der Waals surface area (Å²) in [6.07, 6.45) is 1.04. The van der Waals surface area contributed by atoms with Crippen molar-refractivity contribution < 1.29 is 4.52 Å². The second-order valence-corrected chi connectivity index (χ2v) is 5.01. The van der Waals surface area contributed by atoms with E-state index in [4.69, 9.17) is 16.7 Å². The molecular weight excluding hydrogens is 284 g/mol. The number of nitrogens with one attached hydrogen (secondary N) is 1. The Bertz CT molecular complexity index is 570. The van der Waals surface area contributed by atoms with Crippen molar-refractivity contribution in [3.63, 3.8) is 0 Å². The van der Waals surface area contributed by atoms with Gasteiger partial charge in [0.15, 0.2) is 5.11 Å². The summed E-state index contributed by atoms with van der Waals surface area (Å²) in [5, 5.41) is 7.95. The maximum Gasteiger partial charge on any atom is 0.246 e. The summed E-state index contributed by atoms with van der Waals surface area (Å²) in [7, 11) is 0. The predicted molar refractivity (Wildman–Crippen MR) is 86.7 cm³/mol. The zero-order valence-corrected chi connectivity index (χ0v) is 13.2.